The SMILES string of the molecule is CCN(C(=O)c1ccccc1I)C(C)c1ccc(F)cc1. The molecule has 110 valence electrons. The van der Waals surface area contributed by atoms with Gasteiger partial charge in [-0.05, 0) is 66.3 Å². The van der Waals surface area contributed by atoms with Gasteiger partial charge in [-0.1, -0.05) is 24.3 Å². The fourth-order valence-corrected chi connectivity index (χ4v) is 2.92. The summed E-state index contributed by atoms with van der Waals surface area (Å²) in [5, 5.41) is 0. The van der Waals surface area contributed by atoms with Crippen molar-refractivity contribution in [3.05, 3.63) is 69.0 Å². The fraction of sp³-hybridized carbons (Fsp3) is 0.235. The zero-order chi connectivity index (χ0) is 15.4. The molecular weight excluding hydrogens is 380 g/mol. The van der Waals surface area contributed by atoms with Gasteiger partial charge in [0.05, 0.1) is 11.6 Å². The van der Waals surface area contributed by atoms with Crippen molar-refractivity contribution in [2.45, 2.75) is 19.9 Å². The van der Waals surface area contributed by atoms with Crippen LogP contribution in [0.5, 0.6) is 0 Å². The summed E-state index contributed by atoms with van der Waals surface area (Å²) in [7, 11) is 0. The van der Waals surface area contributed by atoms with Crippen LogP contribution in [0, 0.1) is 9.39 Å². The van der Waals surface area contributed by atoms with Crippen molar-refractivity contribution < 1.29 is 9.18 Å². The van der Waals surface area contributed by atoms with Crippen molar-refractivity contribution in [1.29, 1.82) is 0 Å². The number of carbonyl (C=O) groups excluding carboxylic acids is 1. The van der Waals surface area contributed by atoms with Crippen LogP contribution in [0.15, 0.2) is 48.5 Å². The molecule has 1 amide bonds. The van der Waals surface area contributed by atoms with Crippen LogP contribution >= 0.6 is 22.6 Å². The topological polar surface area (TPSA) is 20.3 Å². The lowest BCUT2D eigenvalue weighted by Crippen LogP contribution is -2.33. The summed E-state index contributed by atoms with van der Waals surface area (Å²) in [5.74, 6) is -0.266. The van der Waals surface area contributed by atoms with Gasteiger partial charge in [0.2, 0.25) is 0 Å². The predicted octanol–water partition coefficient (Wildman–Crippen LogP) is 4.65. The zero-order valence-electron chi connectivity index (χ0n) is 12.0. The van der Waals surface area contributed by atoms with E-state index in [0.29, 0.717) is 12.1 Å². The number of nitrogens with zero attached hydrogens (tertiary/aromatic N) is 1. The average Bonchev–Trinajstić information content (AvgIpc) is 2.49. The van der Waals surface area contributed by atoms with Crippen molar-refractivity contribution in [3.63, 3.8) is 0 Å². The second-order valence-electron chi connectivity index (χ2n) is 4.80. The number of rotatable bonds is 4. The van der Waals surface area contributed by atoms with Gasteiger partial charge in [-0.25, -0.2) is 4.39 Å². The largest absolute Gasteiger partial charge is 0.332 e. The number of amides is 1. The Hall–Kier alpha value is -1.43. The van der Waals surface area contributed by atoms with Crippen LogP contribution in [0.1, 0.15) is 35.8 Å². The van der Waals surface area contributed by atoms with E-state index in [0.717, 1.165) is 9.13 Å². The van der Waals surface area contributed by atoms with E-state index in [-0.39, 0.29) is 17.8 Å². The predicted molar refractivity (Wildman–Crippen MR) is 90.7 cm³/mol. The first kappa shape index (κ1) is 15.9. The Morgan fingerprint density at radius 3 is 2.38 bits per heavy atom. The summed E-state index contributed by atoms with van der Waals surface area (Å²) < 4.78 is 14.0. The summed E-state index contributed by atoms with van der Waals surface area (Å²) in [5.41, 5.74) is 1.63. The first-order valence-corrected chi connectivity index (χ1v) is 7.93. The smallest absolute Gasteiger partial charge is 0.255 e. The van der Waals surface area contributed by atoms with E-state index < -0.39 is 0 Å². The van der Waals surface area contributed by atoms with Gasteiger partial charge in [0.1, 0.15) is 5.82 Å². The second kappa shape index (κ2) is 7.02. The first-order valence-electron chi connectivity index (χ1n) is 6.85. The molecule has 0 fully saturated rings. The number of halogens is 2. The molecule has 2 rings (SSSR count). The third-order valence-electron chi connectivity index (χ3n) is 3.53. The van der Waals surface area contributed by atoms with Gasteiger partial charge in [-0.2, -0.15) is 0 Å². The van der Waals surface area contributed by atoms with Gasteiger partial charge >= 0.3 is 0 Å². The van der Waals surface area contributed by atoms with E-state index in [4.69, 9.17) is 0 Å². The maximum atomic E-state index is 13.0. The van der Waals surface area contributed by atoms with Crippen LogP contribution in [0.2, 0.25) is 0 Å². The molecule has 0 radical (unpaired) electrons. The van der Waals surface area contributed by atoms with Gasteiger partial charge in [0.15, 0.2) is 0 Å². The van der Waals surface area contributed by atoms with Gasteiger partial charge in [0, 0.05) is 10.1 Å². The Kier molecular flexibility index (Phi) is 5.33. The van der Waals surface area contributed by atoms with Crippen molar-refractivity contribution in [3.8, 4) is 0 Å². The first-order chi connectivity index (χ1) is 10.0. The number of benzene rings is 2. The molecule has 0 saturated heterocycles. The lowest BCUT2D eigenvalue weighted by Gasteiger charge is -2.29. The van der Waals surface area contributed by atoms with Crippen LogP contribution in [0.4, 0.5) is 4.39 Å². The summed E-state index contributed by atoms with van der Waals surface area (Å²) in [6.45, 7) is 4.51. The summed E-state index contributed by atoms with van der Waals surface area (Å²) in [6, 6.07) is 13.8. The molecule has 0 N–H and O–H groups in total. The quantitative estimate of drug-likeness (QED) is 0.688. The molecule has 0 aliphatic carbocycles. The molecule has 2 aromatic carbocycles. The third-order valence-corrected chi connectivity index (χ3v) is 4.47. The minimum absolute atomic E-state index is 0.000625. The van der Waals surface area contributed by atoms with Crippen LogP contribution in [0.3, 0.4) is 0 Å². The van der Waals surface area contributed by atoms with E-state index in [1.807, 2.05) is 38.1 Å². The number of carbonyl (C=O) groups is 1. The van der Waals surface area contributed by atoms with Crippen LogP contribution in [-0.2, 0) is 0 Å². The minimum atomic E-state index is -0.266. The molecule has 0 aliphatic heterocycles. The maximum Gasteiger partial charge on any atom is 0.255 e. The Labute approximate surface area is 138 Å². The van der Waals surface area contributed by atoms with Crippen LogP contribution in [0.25, 0.3) is 0 Å². The van der Waals surface area contributed by atoms with Gasteiger partial charge < -0.3 is 4.90 Å². The molecule has 4 heteroatoms. The van der Waals surface area contributed by atoms with E-state index in [1.54, 1.807) is 17.0 Å². The summed E-state index contributed by atoms with van der Waals surface area (Å²) >= 11 is 2.17. The Morgan fingerprint density at radius 2 is 1.81 bits per heavy atom. The minimum Gasteiger partial charge on any atom is -0.332 e. The highest BCUT2D eigenvalue weighted by molar-refractivity contribution is 14.1. The molecular formula is C17H17FINO. The molecule has 0 bridgehead atoms. The molecule has 2 aromatic rings. The van der Waals surface area contributed by atoms with Crippen LogP contribution in [-0.4, -0.2) is 17.4 Å². The van der Waals surface area contributed by atoms with Crippen molar-refractivity contribution in [1.82, 2.24) is 4.90 Å². The normalized spacial score (nSPS) is 12.0. The fourth-order valence-electron chi connectivity index (χ4n) is 2.30. The van der Waals surface area contributed by atoms with Crippen molar-refractivity contribution >= 4 is 28.5 Å². The highest BCUT2D eigenvalue weighted by Gasteiger charge is 2.22. The highest BCUT2D eigenvalue weighted by Crippen LogP contribution is 2.24. The van der Waals surface area contributed by atoms with E-state index in [2.05, 4.69) is 22.6 Å². The third kappa shape index (κ3) is 3.61. The molecule has 0 spiro atoms. The molecule has 21 heavy (non-hydrogen) atoms. The summed E-state index contributed by atoms with van der Waals surface area (Å²) in [6.07, 6.45) is 0. The lowest BCUT2D eigenvalue weighted by molar-refractivity contribution is 0.0701. The molecule has 0 aromatic heterocycles. The average molecular weight is 397 g/mol. The lowest BCUT2D eigenvalue weighted by atomic mass is 10.1. The van der Waals surface area contributed by atoms with Gasteiger partial charge in [-0.3, -0.25) is 4.79 Å². The summed E-state index contributed by atoms with van der Waals surface area (Å²) in [4.78, 5) is 14.5. The zero-order valence-corrected chi connectivity index (χ0v) is 14.2. The van der Waals surface area contributed by atoms with E-state index in [1.165, 1.54) is 12.1 Å². The van der Waals surface area contributed by atoms with Crippen molar-refractivity contribution in [2.75, 3.05) is 6.54 Å². The second-order valence-corrected chi connectivity index (χ2v) is 5.96. The maximum absolute atomic E-state index is 13.0. The Bertz CT molecular complexity index is 627. The highest BCUT2D eigenvalue weighted by atomic mass is 127. The van der Waals surface area contributed by atoms with Crippen LogP contribution < -0.4 is 0 Å². The molecule has 1 unspecified atom stereocenters. The van der Waals surface area contributed by atoms with E-state index in [9.17, 15) is 9.18 Å². The molecule has 0 aliphatic rings. The molecule has 0 heterocycles. The molecule has 0 saturated carbocycles. The Balaban J connectivity index is 2.29. The molecule has 2 nitrogen and oxygen atoms in total. The number of hydrogen-bond donors (Lipinski definition) is 0. The number of hydrogen-bond acceptors (Lipinski definition) is 1. The Morgan fingerprint density at radius 1 is 1.19 bits per heavy atom. The monoisotopic (exact) mass is 397 g/mol. The van der Waals surface area contributed by atoms with E-state index >= 15 is 0 Å². The molecule has 1 atom stereocenters. The standard InChI is InChI=1S/C17H17FINO/c1-3-20(12(2)13-8-10-14(18)11-9-13)17(21)15-6-4-5-7-16(15)19/h4-12H,3H2,1-2H3. The van der Waals surface area contributed by atoms with Crippen molar-refractivity contribution in [2.24, 2.45) is 0 Å². The van der Waals surface area contributed by atoms with Gasteiger partial charge in [-0.15, -0.1) is 0 Å². The van der Waals surface area contributed by atoms with Gasteiger partial charge in [0.25, 0.3) is 5.91 Å².